The van der Waals surface area contributed by atoms with Gasteiger partial charge in [0.15, 0.2) is 0 Å². The Hall–Kier alpha value is -2.41. The van der Waals surface area contributed by atoms with Gasteiger partial charge in [-0.1, -0.05) is 17.7 Å². The monoisotopic (exact) mass is 260 g/mol. The lowest BCUT2D eigenvalue weighted by Gasteiger charge is -2.08. The van der Waals surface area contributed by atoms with Gasteiger partial charge < -0.3 is 10.1 Å². The highest BCUT2D eigenvalue weighted by Crippen LogP contribution is 2.16. The number of nitrogen functional groups attached to an aromatic ring is 1. The van der Waals surface area contributed by atoms with Crippen LogP contribution in [-0.4, -0.2) is 21.6 Å². The molecule has 0 spiro atoms. The number of hydrogen-bond donors (Lipinski definition) is 3. The number of nitrogens with zero attached hydrogens (tertiary/aromatic N) is 3. The molecular formula is C12H16N6O. The summed E-state index contributed by atoms with van der Waals surface area (Å²) in [5.74, 6) is 5.93. The van der Waals surface area contributed by atoms with Gasteiger partial charge in [0.05, 0.1) is 6.61 Å². The molecule has 2 rings (SSSR count). The van der Waals surface area contributed by atoms with Crippen LogP contribution in [0.4, 0.5) is 17.6 Å². The number of rotatable bonds is 5. The Morgan fingerprint density at radius 1 is 1.11 bits per heavy atom. The summed E-state index contributed by atoms with van der Waals surface area (Å²) in [6.45, 7) is 4.35. The lowest BCUT2D eigenvalue weighted by Crippen LogP contribution is -2.13. The minimum atomic E-state index is 0.222. The fourth-order valence-electron chi connectivity index (χ4n) is 1.44. The number of anilines is 3. The van der Waals surface area contributed by atoms with Crippen molar-refractivity contribution in [3.63, 3.8) is 0 Å². The first kappa shape index (κ1) is 13.0. The van der Waals surface area contributed by atoms with Crippen LogP contribution in [0, 0.1) is 6.92 Å². The van der Waals surface area contributed by atoms with Crippen LogP contribution in [0.2, 0.25) is 0 Å². The molecule has 0 aliphatic carbocycles. The number of aromatic nitrogens is 3. The topological polar surface area (TPSA) is 98.0 Å². The molecular weight excluding hydrogens is 244 g/mol. The molecule has 0 radical (unpaired) electrons. The summed E-state index contributed by atoms with van der Waals surface area (Å²) >= 11 is 0. The first-order valence-corrected chi connectivity index (χ1v) is 5.90. The zero-order valence-corrected chi connectivity index (χ0v) is 10.8. The van der Waals surface area contributed by atoms with Gasteiger partial charge >= 0.3 is 6.01 Å². The van der Waals surface area contributed by atoms with E-state index in [0.717, 1.165) is 5.69 Å². The standard InChI is InChI=1S/C12H16N6O/c1-3-19-12-16-10(15-11(17-12)18-13)14-9-6-4-8(2)5-7-9/h4-7H,3,13H2,1-2H3,(H2,14,15,16,17,18). The minimum absolute atomic E-state index is 0.222. The molecule has 4 N–H and O–H groups in total. The number of nitrogens with two attached hydrogens (primary N) is 1. The number of ether oxygens (including phenoxy) is 1. The van der Waals surface area contributed by atoms with Crippen LogP contribution < -0.4 is 21.3 Å². The fraction of sp³-hybridized carbons (Fsp3) is 0.250. The van der Waals surface area contributed by atoms with Crippen molar-refractivity contribution in [1.82, 2.24) is 15.0 Å². The van der Waals surface area contributed by atoms with Gasteiger partial charge in [-0.05, 0) is 26.0 Å². The number of hydrogen-bond acceptors (Lipinski definition) is 7. The summed E-state index contributed by atoms with van der Waals surface area (Å²) in [4.78, 5) is 12.2. The molecule has 7 heteroatoms. The molecule has 19 heavy (non-hydrogen) atoms. The molecule has 0 amide bonds. The summed E-state index contributed by atoms with van der Waals surface area (Å²) in [7, 11) is 0. The van der Waals surface area contributed by atoms with Crippen LogP contribution in [0.1, 0.15) is 12.5 Å². The van der Waals surface area contributed by atoms with E-state index >= 15 is 0 Å². The molecule has 1 aromatic carbocycles. The van der Waals surface area contributed by atoms with Crippen molar-refractivity contribution in [2.45, 2.75) is 13.8 Å². The van der Waals surface area contributed by atoms with E-state index in [1.54, 1.807) is 0 Å². The maximum atomic E-state index is 5.31. The summed E-state index contributed by atoms with van der Waals surface area (Å²) < 4.78 is 5.25. The van der Waals surface area contributed by atoms with Gasteiger partial charge in [-0.15, -0.1) is 0 Å². The molecule has 2 aromatic rings. The second kappa shape index (κ2) is 5.96. The zero-order chi connectivity index (χ0) is 13.7. The van der Waals surface area contributed by atoms with Gasteiger partial charge in [0.1, 0.15) is 0 Å². The maximum absolute atomic E-state index is 5.31. The summed E-state index contributed by atoms with van der Waals surface area (Å²) in [5, 5.41) is 3.07. The molecule has 0 saturated heterocycles. The van der Waals surface area contributed by atoms with Crippen LogP contribution in [0.25, 0.3) is 0 Å². The highest BCUT2D eigenvalue weighted by molar-refractivity contribution is 5.54. The number of nitrogens with one attached hydrogen (secondary N) is 2. The molecule has 0 aliphatic heterocycles. The summed E-state index contributed by atoms with van der Waals surface area (Å²) in [6.07, 6.45) is 0. The predicted octanol–water partition coefficient (Wildman–Crippen LogP) is 1.61. The molecule has 1 heterocycles. The van der Waals surface area contributed by atoms with Crippen LogP contribution in [0.15, 0.2) is 24.3 Å². The van der Waals surface area contributed by atoms with Crippen molar-refractivity contribution in [2.24, 2.45) is 5.84 Å². The number of aryl methyl sites for hydroxylation is 1. The first-order valence-electron chi connectivity index (χ1n) is 5.90. The van der Waals surface area contributed by atoms with Crippen LogP contribution in [0.5, 0.6) is 6.01 Å². The highest BCUT2D eigenvalue weighted by atomic mass is 16.5. The van der Waals surface area contributed by atoms with Gasteiger partial charge in [0.2, 0.25) is 11.9 Å². The Morgan fingerprint density at radius 3 is 2.42 bits per heavy atom. The number of benzene rings is 1. The van der Waals surface area contributed by atoms with Gasteiger partial charge in [-0.3, -0.25) is 5.43 Å². The van der Waals surface area contributed by atoms with Crippen molar-refractivity contribution in [3.8, 4) is 6.01 Å². The summed E-state index contributed by atoms with van der Waals surface area (Å²) in [5.41, 5.74) is 4.44. The molecule has 0 saturated carbocycles. The van der Waals surface area contributed by atoms with Crippen molar-refractivity contribution in [1.29, 1.82) is 0 Å². The van der Waals surface area contributed by atoms with E-state index < -0.39 is 0 Å². The average Bonchev–Trinajstić information content (AvgIpc) is 2.41. The van der Waals surface area contributed by atoms with Crippen LogP contribution >= 0.6 is 0 Å². The van der Waals surface area contributed by atoms with E-state index in [1.807, 2.05) is 38.1 Å². The highest BCUT2D eigenvalue weighted by Gasteiger charge is 2.06. The number of hydrazine groups is 1. The van der Waals surface area contributed by atoms with E-state index in [1.165, 1.54) is 5.56 Å². The molecule has 100 valence electrons. The molecule has 1 aromatic heterocycles. The molecule has 0 fully saturated rings. The third kappa shape index (κ3) is 3.52. The fourth-order valence-corrected chi connectivity index (χ4v) is 1.44. The van der Waals surface area contributed by atoms with E-state index in [2.05, 4.69) is 25.7 Å². The van der Waals surface area contributed by atoms with E-state index in [4.69, 9.17) is 10.6 Å². The van der Waals surface area contributed by atoms with E-state index in [9.17, 15) is 0 Å². The molecule has 0 unspecified atom stereocenters. The van der Waals surface area contributed by atoms with Crippen LogP contribution in [-0.2, 0) is 0 Å². The van der Waals surface area contributed by atoms with Gasteiger partial charge in [-0.2, -0.15) is 15.0 Å². The SMILES string of the molecule is CCOc1nc(NN)nc(Nc2ccc(C)cc2)n1. The Balaban J connectivity index is 2.23. The predicted molar refractivity (Wildman–Crippen MR) is 73.3 cm³/mol. The smallest absolute Gasteiger partial charge is 0.323 e. The lowest BCUT2D eigenvalue weighted by molar-refractivity contribution is 0.312. The Kier molecular flexibility index (Phi) is 4.09. The third-order valence-electron chi connectivity index (χ3n) is 2.33. The molecule has 0 atom stereocenters. The van der Waals surface area contributed by atoms with Crippen molar-refractivity contribution in [2.75, 3.05) is 17.3 Å². The van der Waals surface area contributed by atoms with E-state index in [0.29, 0.717) is 12.6 Å². The molecule has 0 bridgehead atoms. The molecule has 0 aliphatic rings. The lowest BCUT2D eigenvalue weighted by atomic mass is 10.2. The second-order valence-electron chi connectivity index (χ2n) is 3.83. The van der Waals surface area contributed by atoms with Crippen LogP contribution in [0.3, 0.4) is 0 Å². The minimum Gasteiger partial charge on any atom is -0.464 e. The van der Waals surface area contributed by atoms with Crippen molar-refractivity contribution >= 4 is 17.6 Å². The largest absolute Gasteiger partial charge is 0.464 e. The quantitative estimate of drug-likeness (QED) is 0.555. The van der Waals surface area contributed by atoms with Gasteiger partial charge in [-0.25, -0.2) is 5.84 Å². The Bertz CT molecular complexity index is 542. The summed E-state index contributed by atoms with van der Waals surface area (Å²) in [6, 6.07) is 8.09. The van der Waals surface area contributed by atoms with Crippen molar-refractivity contribution in [3.05, 3.63) is 29.8 Å². The average molecular weight is 260 g/mol. The third-order valence-corrected chi connectivity index (χ3v) is 2.33. The molecule has 7 nitrogen and oxygen atoms in total. The zero-order valence-electron chi connectivity index (χ0n) is 10.8. The van der Waals surface area contributed by atoms with E-state index in [-0.39, 0.29) is 12.0 Å². The second-order valence-corrected chi connectivity index (χ2v) is 3.83. The Labute approximate surface area is 111 Å². The first-order chi connectivity index (χ1) is 9.21. The van der Waals surface area contributed by atoms with Crippen molar-refractivity contribution < 1.29 is 4.74 Å². The van der Waals surface area contributed by atoms with Gasteiger partial charge in [0.25, 0.3) is 0 Å². The van der Waals surface area contributed by atoms with Gasteiger partial charge in [0, 0.05) is 5.69 Å². The normalized spacial score (nSPS) is 10.1. The maximum Gasteiger partial charge on any atom is 0.323 e. The Morgan fingerprint density at radius 2 is 1.79 bits per heavy atom.